The minimum atomic E-state index is -4.68. The summed E-state index contributed by atoms with van der Waals surface area (Å²) < 4.78 is 44.0. The van der Waals surface area contributed by atoms with Crippen LogP contribution in [0.4, 0.5) is 23.7 Å². The van der Waals surface area contributed by atoms with Crippen LogP contribution in [0.1, 0.15) is 52.4 Å². The standard InChI is InChI=1S/C29H33ClF3N9O3/c1-39-23(21-15-42(14-16-2-3-16)38-24(21)29(31,32)33)13-35-25(39)26(43)36-18-4-5-20(22(30)12-18)27(44)40-6-8-41(9-7-40)28(45)37-19-10-17(34)11-19/h4-5,12-13,15-17,19H,2-3,6-11,14,34H2,1H3,(H,36,43)(H,37,45)/t17-,19+. The molecule has 4 amide bonds. The van der Waals surface area contributed by atoms with Crippen LogP contribution in [0, 0.1) is 5.92 Å². The number of rotatable bonds is 7. The number of aromatic nitrogens is 4. The fourth-order valence-electron chi connectivity index (χ4n) is 5.63. The van der Waals surface area contributed by atoms with Gasteiger partial charge < -0.3 is 30.7 Å². The average Bonchev–Trinajstić information content (AvgIpc) is 3.55. The number of alkyl halides is 3. The van der Waals surface area contributed by atoms with Crippen molar-refractivity contribution < 1.29 is 27.6 Å². The normalized spacial score (nSPS) is 20.1. The number of carbonyl (C=O) groups excluding carboxylic acids is 3. The lowest BCUT2D eigenvalue weighted by Crippen LogP contribution is -2.57. The number of nitrogens with one attached hydrogen (secondary N) is 2. The van der Waals surface area contributed by atoms with E-state index in [1.165, 1.54) is 46.9 Å². The van der Waals surface area contributed by atoms with Crippen molar-refractivity contribution in [2.75, 3.05) is 31.5 Å². The number of amides is 4. The number of halogens is 4. The third-order valence-electron chi connectivity index (χ3n) is 8.45. The number of urea groups is 1. The van der Waals surface area contributed by atoms with Crippen molar-refractivity contribution >= 4 is 35.1 Å². The average molecular weight is 648 g/mol. The van der Waals surface area contributed by atoms with Gasteiger partial charge in [-0.1, -0.05) is 11.6 Å². The monoisotopic (exact) mass is 647 g/mol. The third-order valence-corrected chi connectivity index (χ3v) is 8.77. The molecule has 4 N–H and O–H groups in total. The largest absolute Gasteiger partial charge is 0.435 e. The molecule has 3 fully saturated rings. The van der Waals surface area contributed by atoms with Gasteiger partial charge in [0, 0.05) is 63.7 Å². The van der Waals surface area contributed by atoms with Crippen LogP contribution < -0.4 is 16.4 Å². The summed E-state index contributed by atoms with van der Waals surface area (Å²) in [4.78, 5) is 46.1. The zero-order valence-electron chi connectivity index (χ0n) is 24.5. The molecule has 1 aliphatic heterocycles. The van der Waals surface area contributed by atoms with E-state index in [0.717, 1.165) is 25.7 Å². The number of nitrogens with two attached hydrogens (primary N) is 1. The highest BCUT2D eigenvalue weighted by Crippen LogP contribution is 2.38. The maximum Gasteiger partial charge on any atom is 0.435 e. The minimum Gasteiger partial charge on any atom is -0.335 e. The first-order valence-corrected chi connectivity index (χ1v) is 15.1. The summed E-state index contributed by atoms with van der Waals surface area (Å²) in [6, 6.07) is 4.48. The molecule has 3 aliphatic rings. The number of nitrogens with zero attached hydrogens (tertiary/aromatic N) is 6. The highest BCUT2D eigenvalue weighted by Gasteiger charge is 2.39. The second-order valence-electron chi connectivity index (χ2n) is 11.9. The summed E-state index contributed by atoms with van der Waals surface area (Å²) in [5.74, 6) is -0.775. The van der Waals surface area contributed by atoms with Gasteiger partial charge in [-0.2, -0.15) is 18.3 Å². The molecular formula is C29H33ClF3N9O3. The fourth-order valence-corrected chi connectivity index (χ4v) is 5.89. The van der Waals surface area contributed by atoms with E-state index >= 15 is 0 Å². The first-order chi connectivity index (χ1) is 21.4. The second kappa shape index (κ2) is 12.0. The van der Waals surface area contributed by atoms with E-state index in [2.05, 4.69) is 20.7 Å². The van der Waals surface area contributed by atoms with E-state index in [1.807, 2.05) is 0 Å². The Kier molecular flexibility index (Phi) is 8.24. The lowest BCUT2D eigenvalue weighted by molar-refractivity contribution is -0.141. The number of imidazole rings is 1. The van der Waals surface area contributed by atoms with Crippen LogP contribution in [-0.4, -0.2) is 85.2 Å². The van der Waals surface area contributed by atoms with Crippen LogP contribution in [0.2, 0.25) is 5.02 Å². The first-order valence-electron chi connectivity index (χ1n) is 14.7. The van der Waals surface area contributed by atoms with Crippen molar-refractivity contribution in [2.24, 2.45) is 18.7 Å². The summed E-state index contributed by atoms with van der Waals surface area (Å²) in [5, 5.41) is 9.49. The van der Waals surface area contributed by atoms with Crippen molar-refractivity contribution in [3.8, 4) is 11.3 Å². The van der Waals surface area contributed by atoms with E-state index < -0.39 is 17.8 Å². The van der Waals surface area contributed by atoms with Crippen LogP contribution in [0.3, 0.4) is 0 Å². The molecule has 3 heterocycles. The molecule has 0 bridgehead atoms. The van der Waals surface area contributed by atoms with Gasteiger partial charge in [-0.25, -0.2) is 9.78 Å². The quantitative estimate of drug-likeness (QED) is 0.358. The number of hydrogen-bond donors (Lipinski definition) is 3. The third kappa shape index (κ3) is 6.64. The zero-order chi connectivity index (χ0) is 32.0. The summed E-state index contributed by atoms with van der Waals surface area (Å²) in [5.41, 5.74) is 5.19. The molecule has 12 nitrogen and oxygen atoms in total. The zero-order valence-corrected chi connectivity index (χ0v) is 25.2. The number of anilines is 1. The van der Waals surface area contributed by atoms with E-state index in [1.54, 1.807) is 9.80 Å². The van der Waals surface area contributed by atoms with Crippen LogP contribution in [-0.2, 0) is 19.8 Å². The molecule has 0 spiro atoms. The molecule has 240 valence electrons. The van der Waals surface area contributed by atoms with Gasteiger partial charge in [0.25, 0.3) is 11.8 Å². The number of carbonyl (C=O) groups is 3. The van der Waals surface area contributed by atoms with Crippen LogP contribution in [0.5, 0.6) is 0 Å². The van der Waals surface area contributed by atoms with Crippen molar-refractivity contribution in [3.05, 3.63) is 52.7 Å². The molecule has 1 aromatic carbocycles. The maximum absolute atomic E-state index is 13.8. The van der Waals surface area contributed by atoms with Gasteiger partial charge in [0.2, 0.25) is 0 Å². The van der Waals surface area contributed by atoms with Gasteiger partial charge in [0.05, 0.1) is 28.0 Å². The Hall–Kier alpha value is -4.11. The molecule has 2 aromatic heterocycles. The number of piperazine rings is 1. The molecule has 1 saturated heterocycles. The Morgan fingerprint density at radius 1 is 1.09 bits per heavy atom. The molecule has 0 radical (unpaired) electrons. The van der Waals surface area contributed by atoms with Crippen molar-refractivity contribution in [3.63, 3.8) is 0 Å². The Bertz CT molecular complexity index is 1620. The molecule has 0 atom stereocenters. The minimum absolute atomic E-state index is 0.0911. The topological polar surface area (TPSA) is 143 Å². The molecular weight excluding hydrogens is 615 g/mol. The second-order valence-corrected chi connectivity index (χ2v) is 12.3. The van der Waals surface area contributed by atoms with E-state index in [9.17, 15) is 27.6 Å². The number of benzene rings is 1. The molecule has 2 saturated carbocycles. The molecule has 16 heteroatoms. The van der Waals surface area contributed by atoms with Crippen LogP contribution >= 0.6 is 11.6 Å². The van der Waals surface area contributed by atoms with E-state index in [0.29, 0.717) is 38.6 Å². The molecule has 0 unspecified atom stereocenters. The Morgan fingerprint density at radius 2 is 1.78 bits per heavy atom. The van der Waals surface area contributed by atoms with Gasteiger partial charge >= 0.3 is 12.2 Å². The number of hydrogen-bond acceptors (Lipinski definition) is 6. The van der Waals surface area contributed by atoms with Gasteiger partial charge in [-0.3, -0.25) is 14.3 Å². The fraction of sp³-hybridized carbons (Fsp3) is 0.483. The maximum atomic E-state index is 13.8. The summed E-state index contributed by atoms with van der Waals surface area (Å²) in [6.45, 7) is 1.82. The lowest BCUT2D eigenvalue weighted by Gasteiger charge is -2.38. The lowest BCUT2D eigenvalue weighted by atomic mass is 9.88. The molecule has 2 aliphatic carbocycles. The van der Waals surface area contributed by atoms with Gasteiger partial charge in [0.15, 0.2) is 11.5 Å². The van der Waals surface area contributed by atoms with Gasteiger partial charge in [-0.15, -0.1) is 0 Å². The van der Waals surface area contributed by atoms with Crippen molar-refractivity contribution in [1.82, 2.24) is 34.4 Å². The van der Waals surface area contributed by atoms with Crippen molar-refractivity contribution in [2.45, 2.75) is 50.5 Å². The highest BCUT2D eigenvalue weighted by atomic mass is 35.5. The van der Waals surface area contributed by atoms with E-state index in [-0.39, 0.29) is 57.4 Å². The SMILES string of the molecule is Cn1c(-c2cn(CC3CC3)nc2C(F)(F)F)cnc1C(=O)Nc1ccc(C(=O)N2CCN(C(=O)N[C@H]3C[C@@H](N)C3)CC2)c(Cl)c1. The van der Waals surface area contributed by atoms with Crippen molar-refractivity contribution in [1.29, 1.82) is 0 Å². The predicted molar refractivity (Wildman–Crippen MR) is 159 cm³/mol. The van der Waals surface area contributed by atoms with Gasteiger partial charge in [0.1, 0.15) is 0 Å². The smallest absolute Gasteiger partial charge is 0.335 e. The van der Waals surface area contributed by atoms with E-state index in [4.69, 9.17) is 17.3 Å². The first kappa shape index (κ1) is 30.9. The van der Waals surface area contributed by atoms with Crippen LogP contribution in [0.15, 0.2) is 30.6 Å². The van der Waals surface area contributed by atoms with Crippen LogP contribution in [0.25, 0.3) is 11.3 Å². The van der Waals surface area contributed by atoms with Gasteiger partial charge in [-0.05, 0) is 49.8 Å². The predicted octanol–water partition coefficient (Wildman–Crippen LogP) is 3.58. The molecule has 6 rings (SSSR count). The Labute approximate surface area is 261 Å². The summed E-state index contributed by atoms with van der Waals surface area (Å²) in [6.07, 6.45) is 1.31. The molecule has 3 aromatic rings. The Morgan fingerprint density at radius 3 is 2.40 bits per heavy atom. The highest BCUT2D eigenvalue weighted by molar-refractivity contribution is 6.34. The summed E-state index contributed by atoms with van der Waals surface area (Å²) >= 11 is 6.44. The summed E-state index contributed by atoms with van der Waals surface area (Å²) in [7, 11) is 1.45. The molecule has 45 heavy (non-hydrogen) atoms. The Balaban J connectivity index is 1.09.